The van der Waals surface area contributed by atoms with E-state index in [-0.39, 0.29) is 17.9 Å². The Bertz CT molecular complexity index is 760. The van der Waals surface area contributed by atoms with Crippen molar-refractivity contribution in [2.75, 3.05) is 6.54 Å². The first-order chi connectivity index (χ1) is 13.1. The first-order valence-electron chi connectivity index (χ1n) is 9.79. The number of rotatable bonds is 6. The summed E-state index contributed by atoms with van der Waals surface area (Å²) in [6.07, 6.45) is 2.33. The van der Waals surface area contributed by atoms with E-state index in [4.69, 9.17) is 0 Å². The zero-order valence-electron chi connectivity index (χ0n) is 16.1. The zero-order valence-corrected chi connectivity index (χ0v) is 16.1. The number of hydrogen-bond acceptors (Lipinski definition) is 2. The minimum Gasteiger partial charge on any atom is -0.341 e. The van der Waals surface area contributed by atoms with Crippen molar-refractivity contribution in [3.05, 3.63) is 71.8 Å². The van der Waals surface area contributed by atoms with Crippen molar-refractivity contribution in [3.63, 3.8) is 0 Å². The van der Waals surface area contributed by atoms with Crippen LogP contribution < -0.4 is 5.32 Å². The molecule has 1 N–H and O–H groups in total. The summed E-state index contributed by atoms with van der Waals surface area (Å²) in [5.41, 5.74) is 2.14. The second-order valence-corrected chi connectivity index (χ2v) is 7.28. The topological polar surface area (TPSA) is 49.4 Å². The maximum Gasteiger partial charge on any atom is 0.250 e. The molecule has 2 aromatic rings. The Kier molecular flexibility index (Phi) is 6.28. The van der Waals surface area contributed by atoms with Gasteiger partial charge in [0.15, 0.2) is 0 Å². The number of carbonyl (C=O) groups excluding carboxylic acids is 2. The number of benzene rings is 2. The third kappa shape index (κ3) is 4.57. The lowest BCUT2D eigenvalue weighted by Gasteiger charge is -2.29. The molecule has 2 amide bonds. The molecule has 1 heterocycles. The van der Waals surface area contributed by atoms with E-state index < -0.39 is 6.04 Å². The van der Waals surface area contributed by atoms with Gasteiger partial charge in [0, 0.05) is 19.0 Å². The summed E-state index contributed by atoms with van der Waals surface area (Å²) in [5, 5.41) is 2.91. The van der Waals surface area contributed by atoms with E-state index >= 15 is 0 Å². The molecule has 27 heavy (non-hydrogen) atoms. The predicted molar refractivity (Wildman–Crippen MR) is 107 cm³/mol. The van der Waals surface area contributed by atoms with Crippen molar-refractivity contribution in [1.29, 1.82) is 0 Å². The van der Waals surface area contributed by atoms with Gasteiger partial charge in [0.1, 0.15) is 6.04 Å². The van der Waals surface area contributed by atoms with E-state index in [0.29, 0.717) is 12.3 Å². The van der Waals surface area contributed by atoms with Crippen LogP contribution in [0.3, 0.4) is 0 Å². The zero-order chi connectivity index (χ0) is 19.2. The van der Waals surface area contributed by atoms with Crippen LogP contribution in [0.4, 0.5) is 0 Å². The van der Waals surface area contributed by atoms with Crippen molar-refractivity contribution >= 4 is 11.8 Å². The van der Waals surface area contributed by atoms with E-state index in [9.17, 15) is 9.59 Å². The monoisotopic (exact) mass is 364 g/mol. The van der Waals surface area contributed by atoms with Gasteiger partial charge in [-0.3, -0.25) is 9.59 Å². The van der Waals surface area contributed by atoms with E-state index in [1.165, 1.54) is 5.56 Å². The van der Waals surface area contributed by atoms with Crippen molar-refractivity contribution in [2.24, 2.45) is 5.92 Å². The summed E-state index contributed by atoms with van der Waals surface area (Å²) in [5.74, 6) is 0.325. The van der Waals surface area contributed by atoms with Gasteiger partial charge in [-0.05, 0) is 36.8 Å². The lowest BCUT2D eigenvalue weighted by atomic mass is 9.93. The molecule has 3 atom stereocenters. The summed E-state index contributed by atoms with van der Waals surface area (Å²) in [6, 6.07) is 19.5. The van der Waals surface area contributed by atoms with Crippen LogP contribution in [0, 0.1) is 5.92 Å². The number of hydrogen-bond donors (Lipinski definition) is 1. The summed E-state index contributed by atoms with van der Waals surface area (Å²) >= 11 is 0. The SMILES string of the molecule is CCC(=O)NC(C(=O)N1CCC(Cc2ccccc2)C1C)c1ccccc1. The molecule has 0 aliphatic carbocycles. The Balaban J connectivity index is 1.74. The molecule has 4 heteroatoms. The second-order valence-electron chi connectivity index (χ2n) is 7.28. The molecule has 3 rings (SSSR count). The van der Waals surface area contributed by atoms with Gasteiger partial charge in [-0.25, -0.2) is 0 Å². The van der Waals surface area contributed by atoms with Gasteiger partial charge >= 0.3 is 0 Å². The lowest BCUT2D eigenvalue weighted by molar-refractivity contribution is -0.137. The minimum atomic E-state index is -0.614. The fourth-order valence-corrected chi connectivity index (χ4v) is 3.87. The van der Waals surface area contributed by atoms with Crippen LogP contribution in [-0.2, 0) is 16.0 Å². The predicted octanol–water partition coefficient (Wildman–Crippen LogP) is 3.73. The van der Waals surface area contributed by atoms with Crippen molar-refractivity contribution in [1.82, 2.24) is 10.2 Å². The number of nitrogens with one attached hydrogen (secondary N) is 1. The molecule has 0 saturated carbocycles. The quantitative estimate of drug-likeness (QED) is 0.849. The summed E-state index contributed by atoms with van der Waals surface area (Å²) in [4.78, 5) is 27.3. The molecule has 3 unspecified atom stereocenters. The summed E-state index contributed by atoms with van der Waals surface area (Å²) in [6.45, 7) is 4.67. The number of amides is 2. The Morgan fingerprint density at radius 3 is 2.33 bits per heavy atom. The Morgan fingerprint density at radius 1 is 1.07 bits per heavy atom. The molecule has 0 radical (unpaired) electrons. The van der Waals surface area contributed by atoms with Gasteiger partial charge in [0.25, 0.3) is 0 Å². The third-order valence-corrected chi connectivity index (χ3v) is 5.54. The fourth-order valence-electron chi connectivity index (χ4n) is 3.87. The molecular formula is C23H28N2O2. The maximum absolute atomic E-state index is 13.3. The molecule has 0 aromatic heterocycles. The minimum absolute atomic E-state index is 0.00828. The normalized spacial score (nSPS) is 20.3. The highest BCUT2D eigenvalue weighted by molar-refractivity contribution is 5.89. The van der Waals surface area contributed by atoms with Crippen LogP contribution in [0.1, 0.15) is 43.9 Å². The average Bonchev–Trinajstić information content (AvgIpc) is 3.07. The molecule has 142 valence electrons. The van der Waals surface area contributed by atoms with E-state index in [1.807, 2.05) is 41.3 Å². The van der Waals surface area contributed by atoms with Crippen LogP contribution in [0.2, 0.25) is 0 Å². The van der Waals surface area contributed by atoms with E-state index in [1.54, 1.807) is 6.92 Å². The molecule has 1 saturated heterocycles. The summed E-state index contributed by atoms with van der Waals surface area (Å²) < 4.78 is 0. The van der Waals surface area contributed by atoms with Crippen molar-refractivity contribution in [3.8, 4) is 0 Å². The number of likely N-dealkylation sites (tertiary alicyclic amines) is 1. The highest BCUT2D eigenvalue weighted by Gasteiger charge is 2.37. The van der Waals surface area contributed by atoms with Crippen LogP contribution in [0.5, 0.6) is 0 Å². The van der Waals surface area contributed by atoms with Gasteiger partial charge in [-0.1, -0.05) is 67.6 Å². The number of carbonyl (C=O) groups is 2. The first kappa shape index (κ1) is 19.2. The highest BCUT2D eigenvalue weighted by atomic mass is 16.2. The molecule has 0 bridgehead atoms. The largest absolute Gasteiger partial charge is 0.341 e. The van der Waals surface area contributed by atoms with Crippen molar-refractivity contribution < 1.29 is 9.59 Å². The smallest absolute Gasteiger partial charge is 0.250 e. The first-order valence-corrected chi connectivity index (χ1v) is 9.79. The highest BCUT2D eigenvalue weighted by Crippen LogP contribution is 2.30. The molecule has 1 fully saturated rings. The maximum atomic E-state index is 13.3. The average molecular weight is 364 g/mol. The molecule has 4 nitrogen and oxygen atoms in total. The fraction of sp³-hybridized carbons (Fsp3) is 0.391. The molecule has 2 aromatic carbocycles. The van der Waals surface area contributed by atoms with Gasteiger partial charge in [-0.15, -0.1) is 0 Å². The Hall–Kier alpha value is -2.62. The van der Waals surface area contributed by atoms with Crippen LogP contribution in [0.25, 0.3) is 0 Å². The van der Waals surface area contributed by atoms with E-state index in [2.05, 4.69) is 36.5 Å². The van der Waals surface area contributed by atoms with E-state index in [0.717, 1.165) is 24.9 Å². The molecule has 0 spiro atoms. The summed E-state index contributed by atoms with van der Waals surface area (Å²) in [7, 11) is 0. The van der Waals surface area contributed by atoms with Gasteiger partial charge < -0.3 is 10.2 Å². The molecule has 1 aliphatic rings. The van der Waals surface area contributed by atoms with Crippen LogP contribution in [0.15, 0.2) is 60.7 Å². The third-order valence-electron chi connectivity index (χ3n) is 5.54. The van der Waals surface area contributed by atoms with Gasteiger partial charge in [0.2, 0.25) is 11.8 Å². The molecule has 1 aliphatic heterocycles. The number of nitrogens with zero attached hydrogens (tertiary/aromatic N) is 1. The standard InChI is InChI=1S/C23H28N2O2/c1-3-21(26)24-22(19-12-8-5-9-13-19)23(27)25-15-14-20(17(25)2)16-18-10-6-4-7-11-18/h4-13,17,20,22H,3,14-16H2,1-2H3,(H,24,26). The van der Waals surface area contributed by atoms with Crippen LogP contribution >= 0.6 is 0 Å². The molecular weight excluding hydrogens is 336 g/mol. The lowest BCUT2D eigenvalue weighted by Crippen LogP contribution is -2.45. The van der Waals surface area contributed by atoms with Crippen LogP contribution in [-0.4, -0.2) is 29.3 Å². The van der Waals surface area contributed by atoms with Crippen molar-refractivity contribution in [2.45, 2.75) is 45.2 Å². The Morgan fingerprint density at radius 2 is 1.70 bits per heavy atom. The second kappa shape index (κ2) is 8.85. The van der Waals surface area contributed by atoms with Gasteiger partial charge in [0.05, 0.1) is 0 Å². The Labute approximate surface area is 161 Å². The van der Waals surface area contributed by atoms with Gasteiger partial charge in [-0.2, -0.15) is 0 Å².